The molecular weight excluding hydrogens is 300 g/mol. The van der Waals surface area contributed by atoms with Crippen LogP contribution in [0.15, 0.2) is 30.3 Å². The molecule has 1 saturated heterocycles. The molecule has 4 heteroatoms. The minimum atomic E-state index is -0.733. The van der Waals surface area contributed by atoms with Crippen molar-refractivity contribution in [1.29, 1.82) is 5.26 Å². The summed E-state index contributed by atoms with van der Waals surface area (Å²) in [5.74, 6) is -0.878. The van der Waals surface area contributed by atoms with Crippen LogP contribution in [0.2, 0.25) is 0 Å². The molecule has 0 spiro atoms. The Bertz CT molecular complexity index is 595. The lowest BCUT2D eigenvalue weighted by atomic mass is 9.59. The highest BCUT2D eigenvalue weighted by Gasteiger charge is 2.51. The Morgan fingerprint density at radius 2 is 2.08 bits per heavy atom. The number of rotatable bonds is 5. The van der Waals surface area contributed by atoms with Crippen molar-refractivity contribution in [1.82, 2.24) is 4.90 Å². The molecule has 0 aromatic heterocycles. The lowest BCUT2D eigenvalue weighted by molar-refractivity contribution is -0.154. The quantitative estimate of drug-likeness (QED) is 0.778. The molecule has 1 aliphatic rings. The lowest BCUT2D eigenvalue weighted by Gasteiger charge is -2.50. The van der Waals surface area contributed by atoms with Crippen molar-refractivity contribution in [2.45, 2.75) is 39.7 Å². The molecular formula is C20H28N2O2. The Morgan fingerprint density at radius 1 is 1.42 bits per heavy atom. The van der Waals surface area contributed by atoms with E-state index in [0.29, 0.717) is 12.6 Å². The standard InChI is InChI=1S/C20H28N2O2/c1-5-24-19(23)18(13-21)20(12-17-9-7-6-8-10-17)11-16(3)22(4)14-15(20)2/h6-10,15-16,18H,5,11-12,14H2,1-4H3/t15-,16-,18-,20+/m0/s1. The first-order valence-electron chi connectivity index (χ1n) is 8.75. The largest absolute Gasteiger partial charge is 0.465 e. The highest BCUT2D eigenvalue weighted by atomic mass is 16.5. The number of nitriles is 1. The molecule has 0 aliphatic carbocycles. The van der Waals surface area contributed by atoms with Crippen LogP contribution in [0.1, 0.15) is 32.8 Å². The summed E-state index contributed by atoms with van der Waals surface area (Å²) in [6.07, 6.45) is 1.54. The highest BCUT2D eigenvalue weighted by molar-refractivity contribution is 5.76. The van der Waals surface area contributed by atoms with Crippen LogP contribution in [0.4, 0.5) is 0 Å². The predicted molar refractivity (Wildman–Crippen MR) is 94.2 cm³/mol. The molecule has 2 rings (SSSR count). The van der Waals surface area contributed by atoms with E-state index >= 15 is 0 Å². The van der Waals surface area contributed by atoms with Gasteiger partial charge in [0.1, 0.15) is 5.92 Å². The van der Waals surface area contributed by atoms with E-state index in [0.717, 1.165) is 19.4 Å². The first-order chi connectivity index (χ1) is 11.4. The van der Waals surface area contributed by atoms with E-state index in [2.05, 4.69) is 44.0 Å². The topological polar surface area (TPSA) is 53.3 Å². The summed E-state index contributed by atoms with van der Waals surface area (Å²) in [5, 5.41) is 9.82. The second-order valence-electron chi connectivity index (χ2n) is 7.10. The van der Waals surface area contributed by atoms with Gasteiger partial charge in [0.15, 0.2) is 0 Å². The van der Waals surface area contributed by atoms with Gasteiger partial charge in [-0.2, -0.15) is 5.26 Å². The number of esters is 1. The molecule has 1 heterocycles. The smallest absolute Gasteiger partial charge is 0.323 e. The van der Waals surface area contributed by atoms with Gasteiger partial charge >= 0.3 is 5.97 Å². The molecule has 0 N–H and O–H groups in total. The van der Waals surface area contributed by atoms with E-state index < -0.39 is 11.3 Å². The molecule has 0 unspecified atom stereocenters. The number of benzene rings is 1. The summed E-state index contributed by atoms with van der Waals surface area (Å²) in [6, 6.07) is 12.8. The molecule has 1 fully saturated rings. The van der Waals surface area contributed by atoms with Crippen LogP contribution >= 0.6 is 0 Å². The van der Waals surface area contributed by atoms with Gasteiger partial charge in [-0.15, -0.1) is 0 Å². The summed E-state index contributed by atoms with van der Waals surface area (Å²) in [7, 11) is 2.11. The summed E-state index contributed by atoms with van der Waals surface area (Å²) in [4.78, 5) is 14.9. The van der Waals surface area contributed by atoms with E-state index in [1.807, 2.05) is 18.2 Å². The number of likely N-dealkylation sites (tertiary alicyclic amines) is 1. The van der Waals surface area contributed by atoms with Gasteiger partial charge in [-0.3, -0.25) is 4.79 Å². The van der Waals surface area contributed by atoms with Gasteiger partial charge in [-0.1, -0.05) is 37.3 Å². The van der Waals surface area contributed by atoms with E-state index in [1.165, 1.54) is 5.56 Å². The normalized spacial score (nSPS) is 28.8. The van der Waals surface area contributed by atoms with Gasteiger partial charge in [0.25, 0.3) is 0 Å². The maximum absolute atomic E-state index is 12.5. The number of carbonyl (C=O) groups is 1. The minimum absolute atomic E-state index is 0.230. The number of hydrogen-bond donors (Lipinski definition) is 0. The zero-order valence-corrected chi connectivity index (χ0v) is 15.2. The molecule has 0 radical (unpaired) electrons. The molecule has 1 aromatic carbocycles. The Kier molecular flexibility index (Phi) is 6.01. The van der Waals surface area contributed by atoms with Crippen molar-refractivity contribution in [2.75, 3.05) is 20.2 Å². The van der Waals surface area contributed by atoms with Gasteiger partial charge < -0.3 is 9.64 Å². The van der Waals surface area contributed by atoms with E-state index in [4.69, 9.17) is 4.74 Å². The average molecular weight is 328 g/mol. The van der Waals surface area contributed by atoms with Gasteiger partial charge in [-0.05, 0) is 45.2 Å². The maximum atomic E-state index is 12.5. The van der Waals surface area contributed by atoms with Crippen LogP contribution in [0.3, 0.4) is 0 Å². The molecule has 1 aromatic rings. The number of piperidine rings is 1. The number of carbonyl (C=O) groups excluding carboxylic acids is 1. The fourth-order valence-corrected chi connectivity index (χ4v) is 4.07. The number of hydrogen-bond acceptors (Lipinski definition) is 4. The van der Waals surface area contributed by atoms with Crippen molar-refractivity contribution >= 4 is 5.97 Å². The number of nitrogens with zero attached hydrogens (tertiary/aromatic N) is 2. The fraction of sp³-hybridized carbons (Fsp3) is 0.600. The molecule has 4 nitrogen and oxygen atoms in total. The Hall–Kier alpha value is -1.86. The zero-order valence-electron chi connectivity index (χ0n) is 15.2. The molecule has 0 bridgehead atoms. The van der Waals surface area contributed by atoms with Gasteiger partial charge in [-0.25, -0.2) is 0 Å². The third kappa shape index (κ3) is 3.62. The average Bonchev–Trinajstić information content (AvgIpc) is 2.55. The highest BCUT2D eigenvalue weighted by Crippen LogP contribution is 2.47. The van der Waals surface area contributed by atoms with E-state index in [1.54, 1.807) is 6.92 Å². The van der Waals surface area contributed by atoms with Crippen molar-refractivity contribution in [2.24, 2.45) is 17.3 Å². The lowest BCUT2D eigenvalue weighted by Crippen LogP contribution is -2.55. The molecule has 130 valence electrons. The van der Waals surface area contributed by atoms with Crippen LogP contribution < -0.4 is 0 Å². The van der Waals surface area contributed by atoms with Crippen molar-refractivity contribution in [3.8, 4) is 6.07 Å². The van der Waals surface area contributed by atoms with Crippen LogP contribution in [0.5, 0.6) is 0 Å². The summed E-state index contributed by atoms with van der Waals surface area (Å²) < 4.78 is 5.25. The summed E-state index contributed by atoms with van der Waals surface area (Å²) in [5.41, 5.74) is 0.777. The van der Waals surface area contributed by atoms with Crippen molar-refractivity contribution in [3.05, 3.63) is 35.9 Å². The Labute approximate surface area is 145 Å². The second-order valence-corrected chi connectivity index (χ2v) is 7.10. The van der Waals surface area contributed by atoms with Gasteiger partial charge in [0, 0.05) is 18.0 Å². The minimum Gasteiger partial charge on any atom is -0.465 e. The zero-order chi connectivity index (χ0) is 17.7. The Balaban J connectivity index is 2.44. The SMILES string of the molecule is CCOC(=O)[C@H](C#N)[C@@]1(Cc2ccccc2)C[C@H](C)N(C)C[C@@H]1C. The van der Waals surface area contributed by atoms with E-state index in [9.17, 15) is 10.1 Å². The van der Waals surface area contributed by atoms with Crippen LogP contribution in [0, 0.1) is 28.6 Å². The van der Waals surface area contributed by atoms with Crippen LogP contribution in [0.25, 0.3) is 0 Å². The maximum Gasteiger partial charge on any atom is 0.323 e. The summed E-state index contributed by atoms with van der Waals surface area (Å²) in [6.45, 7) is 7.31. The Morgan fingerprint density at radius 3 is 2.67 bits per heavy atom. The predicted octanol–water partition coefficient (Wildman–Crippen LogP) is 3.28. The van der Waals surface area contributed by atoms with Gasteiger partial charge in [0.05, 0.1) is 12.7 Å². The molecule has 1 aliphatic heterocycles. The molecule has 4 atom stereocenters. The third-order valence-electron chi connectivity index (χ3n) is 5.57. The fourth-order valence-electron chi connectivity index (χ4n) is 4.07. The first-order valence-corrected chi connectivity index (χ1v) is 8.75. The molecule has 0 saturated carbocycles. The monoisotopic (exact) mass is 328 g/mol. The number of ether oxygens (including phenoxy) is 1. The molecule has 0 amide bonds. The second kappa shape index (κ2) is 7.81. The van der Waals surface area contributed by atoms with Crippen LogP contribution in [-0.2, 0) is 16.0 Å². The first kappa shape index (κ1) is 18.5. The van der Waals surface area contributed by atoms with Crippen molar-refractivity contribution < 1.29 is 9.53 Å². The summed E-state index contributed by atoms with van der Waals surface area (Å²) >= 11 is 0. The van der Waals surface area contributed by atoms with Crippen molar-refractivity contribution in [3.63, 3.8) is 0 Å². The molecule has 24 heavy (non-hydrogen) atoms. The third-order valence-corrected chi connectivity index (χ3v) is 5.57. The van der Waals surface area contributed by atoms with Gasteiger partial charge in [0.2, 0.25) is 0 Å². The van der Waals surface area contributed by atoms with E-state index in [-0.39, 0.29) is 11.9 Å². The van der Waals surface area contributed by atoms with Crippen LogP contribution in [-0.4, -0.2) is 37.1 Å².